The number of carboxylic acid groups (broad SMARTS) is 1. The van der Waals surface area contributed by atoms with Gasteiger partial charge in [0, 0.05) is 31.5 Å². The van der Waals surface area contributed by atoms with E-state index in [-0.39, 0.29) is 17.9 Å². The van der Waals surface area contributed by atoms with E-state index < -0.39 is 5.97 Å². The first-order chi connectivity index (χ1) is 9.42. The van der Waals surface area contributed by atoms with Gasteiger partial charge >= 0.3 is 5.97 Å². The molecule has 1 fully saturated rings. The van der Waals surface area contributed by atoms with Crippen molar-refractivity contribution in [2.24, 2.45) is 0 Å². The Balaban J connectivity index is 2.15. The molecule has 6 heteroatoms. The molecule has 1 aromatic rings. The number of aliphatic carboxylic acids is 1. The van der Waals surface area contributed by atoms with Crippen LogP contribution < -0.4 is 5.32 Å². The van der Waals surface area contributed by atoms with Gasteiger partial charge in [-0.05, 0) is 31.4 Å². The van der Waals surface area contributed by atoms with E-state index in [1.165, 1.54) is 4.90 Å². The number of nitrogens with zero attached hydrogens (tertiary/aromatic N) is 2. The standard InChI is InChI=1S/C14H19N3O3/c1-17(2)13(20)11-8-10(4-7-15-11)16-14(5-3-6-14)9-12(18)19/h4,7-8H,3,5-6,9H2,1-2H3,(H,15,16)(H,18,19). The van der Waals surface area contributed by atoms with Gasteiger partial charge in [-0.1, -0.05) is 0 Å². The van der Waals surface area contributed by atoms with Crippen LogP contribution in [0, 0.1) is 0 Å². The zero-order valence-electron chi connectivity index (χ0n) is 11.7. The second-order valence-corrected chi connectivity index (χ2v) is 5.46. The van der Waals surface area contributed by atoms with Crippen LogP contribution in [-0.4, -0.2) is 46.5 Å². The molecule has 1 amide bonds. The summed E-state index contributed by atoms with van der Waals surface area (Å²) >= 11 is 0. The number of carbonyl (C=O) groups is 2. The number of pyridine rings is 1. The highest BCUT2D eigenvalue weighted by Gasteiger charge is 2.39. The number of carboxylic acids is 1. The highest BCUT2D eigenvalue weighted by Crippen LogP contribution is 2.38. The molecule has 2 rings (SSSR count). The highest BCUT2D eigenvalue weighted by atomic mass is 16.4. The lowest BCUT2D eigenvalue weighted by Crippen LogP contribution is -2.46. The maximum Gasteiger partial charge on any atom is 0.305 e. The molecule has 1 saturated carbocycles. The molecule has 0 bridgehead atoms. The summed E-state index contributed by atoms with van der Waals surface area (Å²) in [5.41, 5.74) is 0.710. The molecule has 1 aliphatic carbocycles. The lowest BCUT2D eigenvalue weighted by atomic mass is 9.74. The third kappa shape index (κ3) is 3.07. The average Bonchev–Trinajstić information content (AvgIpc) is 2.35. The third-order valence-corrected chi connectivity index (χ3v) is 3.60. The number of nitrogens with one attached hydrogen (secondary N) is 1. The molecule has 1 heterocycles. The minimum atomic E-state index is -0.809. The number of rotatable bonds is 5. The molecule has 0 aliphatic heterocycles. The summed E-state index contributed by atoms with van der Waals surface area (Å²) in [6.07, 6.45) is 4.34. The Hall–Kier alpha value is -2.11. The van der Waals surface area contributed by atoms with Crippen molar-refractivity contribution in [1.82, 2.24) is 9.88 Å². The fourth-order valence-corrected chi connectivity index (χ4v) is 2.40. The molecule has 0 unspecified atom stereocenters. The van der Waals surface area contributed by atoms with Crippen molar-refractivity contribution >= 4 is 17.6 Å². The minimum absolute atomic E-state index is 0.0896. The Morgan fingerprint density at radius 1 is 1.45 bits per heavy atom. The van der Waals surface area contributed by atoms with Crippen LogP contribution in [-0.2, 0) is 4.79 Å². The largest absolute Gasteiger partial charge is 0.481 e. The molecule has 20 heavy (non-hydrogen) atoms. The van der Waals surface area contributed by atoms with Crippen molar-refractivity contribution in [3.8, 4) is 0 Å². The summed E-state index contributed by atoms with van der Waals surface area (Å²) in [5.74, 6) is -0.981. The predicted octanol–water partition coefficient (Wildman–Crippen LogP) is 1.59. The minimum Gasteiger partial charge on any atom is -0.481 e. The van der Waals surface area contributed by atoms with E-state index in [0.29, 0.717) is 5.69 Å². The maximum absolute atomic E-state index is 11.9. The van der Waals surface area contributed by atoms with E-state index in [0.717, 1.165) is 24.9 Å². The monoisotopic (exact) mass is 277 g/mol. The summed E-state index contributed by atoms with van der Waals surface area (Å²) in [5, 5.41) is 12.3. The van der Waals surface area contributed by atoms with E-state index in [2.05, 4.69) is 10.3 Å². The fraction of sp³-hybridized carbons (Fsp3) is 0.500. The Kier molecular flexibility index (Phi) is 3.92. The van der Waals surface area contributed by atoms with Crippen molar-refractivity contribution in [2.45, 2.75) is 31.2 Å². The van der Waals surface area contributed by atoms with Crippen LogP contribution in [0.15, 0.2) is 18.3 Å². The van der Waals surface area contributed by atoms with Gasteiger partial charge in [-0.25, -0.2) is 0 Å². The molecule has 1 aliphatic rings. The van der Waals surface area contributed by atoms with Crippen LogP contribution in [0.2, 0.25) is 0 Å². The zero-order chi connectivity index (χ0) is 14.8. The third-order valence-electron chi connectivity index (χ3n) is 3.60. The van der Waals surface area contributed by atoms with Crippen LogP contribution >= 0.6 is 0 Å². The number of hydrogen-bond donors (Lipinski definition) is 2. The molecule has 0 spiro atoms. The van der Waals surface area contributed by atoms with Crippen LogP contribution in [0.4, 0.5) is 5.69 Å². The molecule has 108 valence electrons. The first-order valence-electron chi connectivity index (χ1n) is 6.60. The van der Waals surface area contributed by atoms with Gasteiger partial charge in [-0.3, -0.25) is 14.6 Å². The van der Waals surface area contributed by atoms with E-state index in [1.54, 1.807) is 32.4 Å². The molecule has 6 nitrogen and oxygen atoms in total. The number of carbonyl (C=O) groups excluding carboxylic acids is 1. The molecule has 0 atom stereocenters. The molecular formula is C14H19N3O3. The van der Waals surface area contributed by atoms with Crippen molar-refractivity contribution in [3.05, 3.63) is 24.0 Å². The van der Waals surface area contributed by atoms with Gasteiger partial charge in [0.15, 0.2) is 0 Å². The number of aromatic nitrogens is 1. The Bertz CT molecular complexity index is 524. The van der Waals surface area contributed by atoms with Crippen molar-refractivity contribution in [2.75, 3.05) is 19.4 Å². The SMILES string of the molecule is CN(C)C(=O)c1cc(NC2(CC(=O)O)CCC2)ccn1. The van der Waals surface area contributed by atoms with Gasteiger partial charge in [-0.2, -0.15) is 0 Å². The number of anilines is 1. The van der Waals surface area contributed by atoms with Crippen LogP contribution in [0.3, 0.4) is 0 Å². The summed E-state index contributed by atoms with van der Waals surface area (Å²) in [4.78, 5) is 28.3. The van der Waals surface area contributed by atoms with Crippen molar-refractivity contribution < 1.29 is 14.7 Å². The highest BCUT2D eigenvalue weighted by molar-refractivity contribution is 5.92. The average molecular weight is 277 g/mol. The predicted molar refractivity (Wildman–Crippen MR) is 74.7 cm³/mol. The van der Waals surface area contributed by atoms with E-state index in [4.69, 9.17) is 5.11 Å². The van der Waals surface area contributed by atoms with Crippen molar-refractivity contribution in [3.63, 3.8) is 0 Å². The lowest BCUT2D eigenvalue weighted by molar-refractivity contribution is -0.138. The Morgan fingerprint density at radius 2 is 2.15 bits per heavy atom. The number of amides is 1. The summed E-state index contributed by atoms with van der Waals surface area (Å²) in [6.45, 7) is 0. The first kappa shape index (κ1) is 14.3. The van der Waals surface area contributed by atoms with Crippen LogP contribution in [0.25, 0.3) is 0 Å². The summed E-state index contributed by atoms with van der Waals surface area (Å²) in [6, 6.07) is 3.43. The molecular weight excluding hydrogens is 258 g/mol. The van der Waals surface area contributed by atoms with Gasteiger partial charge in [0.05, 0.1) is 6.42 Å². The normalized spacial score (nSPS) is 16.1. The smallest absolute Gasteiger partial charge is 0.305 e. The van der Waals surface area contributed by atoms with Gasteiger partial charge in [0.25, 0.3) is 5.91 Å². The van der Waals surface area contributed by atoms with E-state index in [9.17, 15) is 9.59 Å². The Labute approximate surface area is 117 Å². The van der Waals surface area contributed by atoms with Gasteiger partial charge in [0.1, 0.15) is 5.69 Å². The van der Waals surface area contributed by atoms with Gasteiger partial charge in [-0.15, -0.1) is 0 Å². The summed E-state index contributed by atoms with van der Waals surface area (Å²) in [7, 11) is 3.34. The fourth-order valence-electron chi connectivity index (χ4n) is 2.40. The molecule has 0 saturated heterocycles. The first-order valence-corrected chi connectivity index (χ1v) is 6.60. The summed E-state index contributed by atoms with van der Waals surface area (Å²) < 4.78 is 0. The van der Waals surface area contributed by atoms with Gasteiger partial charge < -0.3 is 15.3 Å². The molecule has 0 radical (unpaired) electrons. The maximum atomic E-state index is 11.9. The quantitative estimate of drug-likeness (QED) is 0.854. The lowest BCUT2D eigenvalue weighted by Gasteiger charge is -2.42. The topological polar surface area (TPSA) is 82.5 Å². The number of hydrogen-bond acceptors (Lipinski definition) is 4. The van der Waals surface area contributed by atoms with Gasteiger partial charge in [0.2, 0.25) is 0 Å². The van der Waals surface area contributed by atoms with Crippen molar-refractivity contribution in [1.29, 1.82) is 0 Å². The second-order valence-electron chi connectivity index (χ2n) is 5.46. The zero-order valence-corrected chi connectivity index (χ0v) is 11.7. The molecule has 2 N–H and O–H groups in total. The van der Waals surface area contributed by atoms with Crippen LogP contribution in [0.1, 0.15) is 36.2 Å². The Morgan fingerprint density at radius 3 is 2.65 bits per heavy atom. The second kappa shape index (κ2) is 5.48. The molecule has 0 aromatic carbocycles. The van der Waals surface area contributed by atoms with Crippen LogP contribution in [0.5, 0.6) is 0 Å². The molecule has 1 aromatic heterocycles. The van der Waals surface area contributed by atoms with E-state index in [1.807, 2.05) is 0 Å². The van der Waals surface area contributed by atoms with E-state index >= 15 is 0 Å².